The summed E-state index contributed by atoms with van der Waals surface area (Å²) in [5.74, 6) is 0.640. The van der Waals surface area contributed by atoms with Gasteiger partial charge in [0.2, 0.25) is 0 Å². The summed E-state index contributed by atoms with van der Waals surface area (Å²) < 4.78 is 0.824. The van der Waals surface area contributed by atoms with E-state index in [2.05, 4.69) is 19.8 Å². The Morgan fingerprint density at radius 1 is 1.32 bits per heavy atom. The largest absolute Gasteiger partial charge is 0.370 e. The second kappa shape index (κ2) is 7.30. The minimum atomic E-state index is 0.640. The van der Waals surface area contributed by atoms with Crippen molar-refractivity contribution in [1.82, 2.24) is 9.88 Å². The van der Waals surface area contributed by atoms with E-state index in [1.165, 1.54) is 4.88 Å². The number of hydrogen-bond acceptors (Lipinski definition) is 5. The Balaban J connectivity index is 1.46. The van der Waals surface area contributed by atoms with E-state index in [-0.39, 0.29) is 0 Å². The number of hydrogen-bond donors (Lipinski definition) is 1. The van der Waals surface area contributed by atoms with Gasteiger partial charge in [-0.1, -0.05) is 11.6 Å². The van der Waals surface area contributed by atoms with Crippen LogP contribution >= 0.6 is 34.3 Å². The van der Waals surface area contributed by atoms with Gasteiger partial charge in [0.1, 0.15) is 0 Å². The molecule has 0 amide bonds. The van der Waals surface area contributed by atoms with Crippen LogP contribution in [-0.2, 0) is 6.42 Å². The fraction of sp³-hybridized carbons (Fsp3) is 0.429. The van der Waals surface area contributed by atoms with Gasteiger partial charge >= 0.3 is 0 Å². The zero-order valence-corrected chi connectivity index (χ0v) is 14.5. The van der Waals surface area contributed by atoms with Crippen molar-refractivity contribution in [2.45, 2.75) is 6.42 Å². The lowest BCUT2D eigenvalue weighted by Crippen LogP contribution is -2.51. The number of aromatic nitrogens is 1. The van der Waals surface area contributed by atoms with Crippen LogP contribution in [0.25, 0.3) is 0 Å². The van der Waals surface area contributed by atoms with Gasteiger partial charge in [-0.3, -0.25) is 4.99 Å². The molecule has 8 heteroatoms. The maximum atomic E-state index is 6.10. The van der Waals surface area contributed by atoms with Gasteiger partial charge in [-0.2, -0.15) is 0 Å². The SMILES string of the molecule is NC(=NCCc1ccc(Cl)s1)N1CCN(c2nccs2)CC1. The highest BCUT2D eigenvalue weighted by molar-refractivity contribution is 7.16. The molecule has 0 atom stereocenters. The van der Waals surface area contributed by atoms with Crippen molar-refractivity contribution in [3.8, 4) is 0 Å². The predicted molar refractivity (Wildman–Crippen MR) is 95.4 cm³/mol. The van der Waals surface area contributed by atoms with E-state index in [4.69, 9.17) is 17.3 Å². The van der Waals surface area contributed by atoms with Gasteiger partial charge in [0.25, 0.3) is 0 Å². The number of thiazole rings is 1. The molecule has 118 valence electrons. The first-order valence-electron chi connectivity index (χ1n) is 7.16. The molecule has 0 spiro atoms. The highest BCUT2D eigenvalue weighted by Gasteiger charge is 2.19. The molecule has 2 aromatic heterocycles. The molecule has 0 aliphatic carbocycles. The topological polar surface area (TPSA) is 57.8 Å². The average Bonchev–Trinajstić information content (AvgIpc) is 3.19. The van der Waals surface area contributed by atoms with Crippen LogP contribution in [0.15, 0.2) is 28.7 Å². The summed E-state index contributed by atoms with van der Waals surface area (Å²) in [4.78, 5) is 14.5. The molecule has 0 aromatic carbocycles. The number of aliphatic imine (C=N–C) groups is 1. The average molecular weight is 356 g/mol. The Labute approximate surface area is 143 Å². The number of thiophene rings is 1. The molecule has 5 nitrogen and oxygen atoms in total. The summed E-state index contributed by atoms with van der Waals surface area (Å²) in [7, 11) is 0. The Morgan fingerprint density at radius 3 is 2.77 bits per heavy atom. The molecule has 3 rings (SSSR count). The van der Waals surface area contributed by atoms with Gasteiger partial charge in [-0.05, 0) is 12.1 Å². The van der Waals surface area contributed by atoms with Gasteiger partial charge in [0.05, 0.1) is 4.34 Å². The number of nitrogens with two attached hydrogens (primary N) is 1. The van der Waals surface area contributed by atoms with Gasteiger partial charge in [0, 0.05) is 55.6 Å². The highest BCUT2D eigenvalue weighted by Crippen LogP contribution is 2.22. The van der Waals surface area contributed by atoms with Crippen LogP contribution < -0.4 is 10.6 Å². The lowest BCUT2D eigenvalue weighted by Gasteiger charge is -2.35. The number of rotatable bonds is 4. The summed E-state index contributed by atoms with van der Waals surface area (Å²) in [6.45, 7) is 4.35. The first kappa shape index (κ1) is 15.6. The second-order valence-corrected chi connectivity index (χ2v) is 7.66. The smallest absolute Gasteiger partial charge is 0.191 e. The summed E-state index contributed by atoms with van der Waals surface area (Å²) in [5, 5.41) is 3.10. The van der Waals surface area contributed by atoms with Crippen LogP contribution in [0.3, 0.4) is 0 Å². The summed E-state index contributed by atoms with van der Waals surface area (Å²) in [6.07, 6.45) is 2.73. The first-order chi connectivity index (χ1) is 10.7. The Morgan fingerprint density at radius 2 is 2.14 bits per heavy atom. The minimum absolute atomic E-state index is 0.640. The molecule has 1 fully saturated rings. The molecule has 1 aliphatic rings. The quantitative estimate of drug-likeness (QED) is 0.676. The molecule has 1 saturated heterocycles. The molecule has 0 saturated carbocycles. The van der Waals surface area contributed by atoms with E-state index in [1.807, 2.05) is 23.7 Å². The number of anilines is 1. The third kappa shape index (κ3) is 3.91. The minimum Gasteiger partial charge on any atom is -0.370 e. The normalized spacial score (nSPS) is 16.3. The van der Waals surface area contributed by atoms with Crippen molar-refractivity contribution in [1.29, 1.82) is 0 Å². The van der Waals surface area contributed by atoms with Crippen molar-refractivity contribution < 1.29 is 0 Å². The Hall–Kier alpha value is -1.31. The zero-order chi connectivity index (χ0) is 15.4. The van der Waals surface area contributed by atoms with E-state index in [1.54, 1.807) is 22.7 Å². The molecule has 0 unspecified atom stereocenters. The molecule has 3 heterocycles. The fourth-order valence-electron chi connectivity index (χ4n) is 2.37. The van der Waals surface area contributed by atoms with Gasteiger partial charge in [-0.15, -0.1) is 22.7 Å². The van der Waals surface area contributed by atoms with Crippen molar-refractivity contribution in [2.24, 2.45) is 10.7 Å². The van der Waals surface area contributed by atoms with Crippen LogP contribution in [0, 0.1) is 0 Å². The monoisotopic (exact) mass is 355 g/mol. The van der Waals surface area contributed by atoms with E-state index >= 15 is 0 Å². The number of nitrogens with zero attached hydrogens (tertiary/aromatic N) is 4. The second-order valence-electron chi connectivity index (χ2n) is 4.98. The van der Waals surface area contributed by atoms with Gasteiger partial charge in [0.15, 0.2) is 11.1 Å². The highest BCUT2D eigenvalue weighted by atomic mass is 35.5. The van der Waals surface area contributed by atoms with Crippen LogP contribution in [0.2, 0.25) is 4.34 Å². The third-order valence-corrected chi connectivity index (χ3v) is 5.68. The first-order valence-corrected chi connectivity index (χ1v) is 9.23. The van der Waals surface area contributed by atoms with Gasteiger partial charge in [-0.25, -0.2) is 4.98 Å². The zero-order valence-electron chi connectivity index (χ0n) is 12.1. The van der Waals surface area contributed by atoms with Gasteiger partial charge < -0.3 is 15.5 Å². The van der Waals surface area contributed by atoms with Crippen molar-refractivity contribution in [3.63, 3.8) is 0 Å². The van der Waals surface area contributed by atoms with Crippen LogP contribution in [0.5, 0.6) is 0 Å². The molecule has 0 radical (unpaired) electrons. The Kier molecular flexibility index (Phi) is 5.17. The lowest BCUT2D eigenvalue weighted by atomic mass is 10.3. The van der Waals surface area contributed by atoms with Crippen LogP contribution in [0.4, 0.5) is 5.13 Å². The molecular weight excluding hydrogens is 338 g/mol. The summed E-state index contributed by atoms with van der Waals surface area (Å²) >= 11 is 9.20. The Bertz CT molecular complexity index is 617. The van der Waals surface area contributed by atoms with E-state index in [9.17, 15) is 0 Å². The van der Waals surface area contributed by atoms with E-state index in [0.717, 1.165) is 42.1 Å². The maximum absolute atomic E-state index is 6.10. The molecule has 2 N–H and O–H groups in total. The third-order valence-electron chi connectivity index (χ3n) is 3.55. The number of piperazine rings is 1. The van der Waals surface area contributed by atoms with E-state index in [0.29, 0.717) is 12.5 Å². The maximum Gasteiger partial charge on any atom is 0.191 e. The van der Waals surface area contributed by atoms with Crippen molar-refractivity contribution in [3.05, 3.63) is 32.9 Å². The standard InChI is InChI=1S/C14H18ClN5S2/c15-12-2-1-11(22-12)3-4-17-13(16)19-6-8-20(9-7-19)14-18-5-10-21-14/h1-2,5,10H,3-4,6-9H2,(H2,16,17). The molecular formula is C14H18ClN5S2. The number of guanidine groups is 1. The van der Waals surface area contributed by atoms with Crippen molar-refractivity contribution in [2.75, 3.05) is 37.6 Å². The van der Waals surface area contributed by atoms with E-state index < -0.39 is 0 Å². The fourth-order valence-corrected chi connectivity index (χ4v) is 4.14. The molecule has 0 bridgehead atoms. The van der Waals surface area contributed by atoms with Crippen LogP contribution in [0.1, 0.15) is 4.88 Å². The van der Waals surface area contributed by atoms with Crippen molar-refractivity contribution >= 4 is 45.4 Å². The molecule has 22 heavy (non-hydrogen) atoms. The molecule has 2 aromatic rings. The summed E-state index contributed by atoms with van der Waals surface area (Å²) in [5.41, 5.74) is 6.10. The molecule has 1 aliphatic heterocycles. The predicted octanol–water partition coefficient (Wildman–Crippen LogP) is 2.54. The lowest BCUT2D eigenvalue weighted by molar-refractivity contribution is 0.380. The summed E-state index contributed by atoms with van der Waals surface area (Å²) in [6, 6.07) is 3.97. The van der Waals surface area contributed by atoms with Crippen LogP contribution in [-0.4, -0.2) is 48.6 Å². The number of halogens is 1.